The van der Waals surface area contributed by atoms with Gasteiger partial charge in [0.25, 0.3) is 0 Å². The second-order valence-electron chi connectivity index (χ2n) is 5.84. The summed E-state index contributed by atoms with van der Waals surface area (Å²) < 4.78 is 27.9. The van der Waals surface area contributed by atoms with Crippen LogP contribution in [0.4, 0.5) is 0 Å². The maximum atomic E-state index is 12.2. The van der Waals surface area contributed by atoms with E-state index in [0.717, 1.165) is 0 Å². The summed E-state index contributed by atoms with van der Waals surface area (Å²) >= 11 is 0. The van der Waals surface area contributed by atoms with Gasteiger partial charge in [0.05, 0.1) is 17.1 Å². The van der Waals surface area contributed by atoms with Crippen LogP contribution in [0.15, 0.2) is 29.2 Å². The van der Waals surface area contributed by atoms with E-state index in [0.29, 0.717) is 18.7 Å². The smallest absolute Gasteiger partial charge is 0.312 e. The van der Waals surface area contributed by atoms with E-state index in [-0.39, 0.29) is 23.6 Å². The van der Waals surface area contributed by atoms with Crippen LogP contribution >= 0.6 is 0 Å². The number of morpholine rings is 1. The first-order chi connectivity index (χ1) is 11.2. The fourth-order valence-corrected chi connectivity index (χ4v) is 3.06. The third kappa shape index (κ3) is 4.76. The Morgan fingerprint density at radius 3 is 2.25 bits per heavy atom. The first-order valence-electron chi connectivity index (χ1n) is 7.51. The van der Waals surface area contributed by atoms with Crippen molar-refractivity contribution < 1.29 is 22.7 Å². The van der Waals surface area contributed by atoms with Gasteiger partial charge in [0, 0.05) is 19.6 Å². The van der Waals surface area contributed by atoms with Crippen molar-refractivity contribution in [2.45, 2.75) is 37.5 Å². The molecule has 0 bridgehead atoms. The van der Waals surface area contributed by atoms with E-state index in [1.165, 1.54) is 29.2 Å². The average Bonchev–Trinajstić information content (AvgIpc) is 2.50. The summed E-state index contributed by atoms with van der Waals surface area (Å²) in [5.74, 6) is -1.30. The molecule has 8 nitrogen and oxygen atoms in total. The summed E-state index contributed by atoms with van der Waals surface area (Å²) in [7, 11) is -3.75. The van der Waals surface area contributed by atoms with Gasteiger partial charge in [-0.15, -0.1) is 0 Å². The minimum atomic E-state index is -3.75. The summed E-state index contributed by atoms with van der Waals surface area (Å²) in [6.45, 7) is 4.56. The number of ether oxygens (including phenoxy) is 1. The Morgan fingerprint density at radius 2 is 1.75 bits per heavy atom. The first kappa shape index (κ1) is 18.4. The Labute approximate surface area is 141 Å². The number of primary sulfonamides is 1. The minimum Gasteiger partial charge on any atom is -0.372 e. The molecule has 2 atom stereocenters. The van der Waals surface area contributed by atoms with Crippen LogP contribution in [0.5, 0.6) is 0 Å². The quantitative estimate of drug-likeness (QED) is 0.714. The molecule has 1 aliphatic heterocycles. The maximum absolute atomic E-state index is 12.2. The van der Waals surface area contributed by atoms with Crippen LogP contribution in [-0.4, -0.2) is 50.4 Å². The van der Waals surface area contributed by atoms with Crippen molar-refractivity contribution in [3.8, 4) is 0 Å². The van der Waals surface area contributed by atoms with Gasteiger partial charge in [-0.1, -0.05) is 12.1 Å². The van der Waals surface area contributed by atoms with E-state index >= 15 is 0 Å². The van der Waals surface area contributed by atoms with E-state index < -0.39 is 21.8 Å². The van der Waals surface area contributed by atoms with Crippen molar-refractivity contribution in [1.29, 1.82) is 0 Å². The Kier molecular flexibility index (Phi) is 5.58. The van der Waals surface area contributed by atoms with Crippen LogP contribution in [-0.2, 0) is 30.9 Å². The van der Waals surface area contributed by atoms with E-state index in [9.17, 15) is 18.0 Å². The molecule has 2 unspecified atom stereocenters. The van der Waals surface area contributed by atoms with Gasteiger partial charge in [-0.2, -0.15) is 0 Å². The van der Waals surface area contributed by atoms with Crippen LogP contribution in [0.2, 0.25) is 0 Å². The molecule has 1 aromatic carbocycles. The van der Waals surface area contributed by atoms with Crippen LogP contribution in [0.1, 0.15) is 19.4 Å². The molecule has 0 aromatic heterocycles. The van der Waals surface area contributed by atoms with Crippen molar-refractivity contribution >= 4 is 21.8 Å². The number of nitrogens with zero attached hydrogens (tertiary/aromatic N) is 1. The predicted molar refractivity (Wildman–Crippen MR) is 86.3 cm³/mol. The normalized spacial score (nSPS) is 21.4. The van der Waals surface area contributed by atoms with Gasteiger partial charge < -0.3 is 15.0 Å². The molecule has 1 saturated heterocycles. The fraction of sp³-hybridized carbons (Fsp3) is 0.467. The molecule has 1 heterocycles. The lowest BCUT2D eigenvalue weighted by atomic mass is 10.2. The number of nitrogens with one attached hydrogen (secondary N) is 1. The zero-order chi connectivity index (χ0) is 17.9. The summed E-state index contributed by atoms with van der Waals surface area (Å²) in [4.78, 5) is 25.6. The SMILES string of the molecule is CC1CN(C(=O)C(=O)NCc2ccc(S(N)(=O)=O)cc2)CC(C)O1. The number of rotatable bonds is 3. The molecule has 9 heteroatoms. The van der Waals surface area contributed by atoms with Crippen molar-refractivity contribution in [2.24, 2.45) is 5.14 Å². The van der Waals surface area contributed by atoms with Crippen molar-refractivity contribution in [3.05, 3.63) is 29.8 Å². The van der Waals surface area contributed by atoms with Gasteiger partial charge in [-0.25, -0.2) is 13.6 Å². The van der Waals surface area contributed by atoms with Crippen LogP contribution < -0.4 is 10.5 Å². The maximum Gasteiger partial charge on any atom is 0.312 e. The van der Waals surface area contributed by atoms with Crippen LogP contribution in [0.25, 0.3) is 0 Å². The summed E-state index contributed by atoms with van der Waals surface area (Å²) in [6, 6.07) is 5.76. The highest BCUT2D eigenvalue weighted by molar-refractivity contribution is 7.89. The molecule has 1 fully saturated rings. The molecule has 0 saturated carbocycles. The molecular weight excluding hydrogens is 334 g/mol. The number of benzene rings is 1. The average molecular weight is 355 g/mol. The zero-order valence-electron chi connectivity index (χ0n) is 13.6. The van der Waals surface area contributed by atoms with Crippen molar-refractivity contribution in [2.75, 3.05) is 13.1 Å². The number of nitrogens with two attached hydrogens (primary N) is 1. The van der Waals surface area contributed by atoms with E-state index in [4.69, 9.17) is 9.88 Å². The Hall–Kier alpha value is -1.97. The van der Waals surface area contributed by atoms with E-state index in [1.54, 1.807) is 0 Å². The molecule has 2 rings (SSSR count). The second kappa shape index (κ2) is 7.29. The Balaban J connectivity index is 1.91. The number of sulfonamides is 1. The predicted octanol–water partition coefficient (Wildman–Crippen LogP) is -0.414. The lowest BCUT2D eigenvalue weighted by Crippen LogP contribution is -2.52. The van der Waals surface area contributed by atoms with Gasteiger partial charge in [0.1, 0.15) is 0 Å². The van der Waals surface area contributed by atoms with Crippen molar-refractivity contribution in [1.82, 2.24) is 10.2 Å². The number of amides is 2. The molecule has 1 aliphatic rings. The van der Waals surface area contributed by atoms with Crippen LogP contribution in [0, 0.1) is 0 Å². The topological polar surface area (TPSA) is 119 Å². The standard InChI is InChI=1S/C15H21N3O5S/c1-10-8-18(9-11(2)23-10)15(20)14(19)17-7-12-3-5-13(6-4-12)24(16,21)22/h3-6,10-11H,7-9H2,1-2H3,(H,17,19)(H2,16,21,22). The van der Waals surface area contributed by atoms with E-state index in [2.05, 4.69) is 5.32 Å². The summed E-state index contributed by atoms with van der Waals surface area (Å²) in [5.41, 5.74) is 0.660. The molecule has 1 aromatic rings. The summed E-state index contributed by atoms with van der Waals surface area (Å²) in [5, 5.41) is 7.55. The molecular formula is C15H21N3O5S. The number of hydrogen-bond donors (Lipinski definition) is 2. The lowest BCUT2D eigenvalue weighted by Gasteiger charge is -2.34. The third-order valence-electron chi connectivity index (χ3n) is 3.61. The number of carbonyl (C=O) groups is 2. The van der Waals surface area contributed by atoms with Crippen molar-refractivity contribution in [3.63, 3.8) is 0 Å². The minimum absolute atomic E-state index is 0.00931. The highest BCUT2D eigenvalue weighted by Crippen LogP contribution is 2.11. The lowest BCUT2D eigenvalue weighted by molar-refractivity contribution is -0.153. The molecule has 0 spiro atoms. The molecule has 2 amide bonds. The summed E-state index contributed by atoms with van der Waals surface area (Å²) in [6.07, 6.45) is -0.229. The van der Waals surface area contributed by atoms with Gasteiger partial charge in [-0.05, 0) is 31.5 Å². The molecule has 132 valence electrons. The van der Waals surface area contributed by atoms with Gasteiger partial charge in [0.2, 0.25) is 10.0 Å². The number of hydrogen-bond acceptors (Lipinski definition) is 5. The zero-order valence-corrected chi connectivity index (χ0v) is 14.4. The molecule has 0 aliphatic carbocycles. The monoisotopic (exact) mass is 355 g/mol. The highest BCUT2D eigenvalue weighted by Gasteiger charge is 2.29. The Bertz CT molecular complexity index is 707. The largest absolute Gasteiger partial charge is 0.372 e. The van der Waals surface area contributed by atoms with E-state index in [1.807, 2.05) is 13.8 Å². The number of carbonyl (C=O) groups excluding carboxylic acids is 2. The first-order valence-corrected chi connectivity index (χ1v) is 9.05. The van der Waals surface area contributed by atoms with Crippen LogP contribution in [0.3, 0.4) is 0 Å². The van der Waals surface area contributed by atoms with Gasteiger partial charge in [-0.3, -0.25) is 9.59 Å². The third-order valence-corrected chi connectivity index (χ3v) is 4.54. The fourth-order valence-electron chi connectivity index (χ4n) is 2.54. The van der Waals surface area contributed by atoms with Gasteiger partial charge >= 0.3 is 11.8 Å². The molecule has 24 heavy (non-hydrogen) atoms. The second-order valence-corrected chi connectivity index (χ2v) is 7.40. The highest BCUT2D eigenvalue weighted by atomic mass is 32.2. The molecule has 3 N–H and O–H groups in total. The molecule has 0 radical (unpaired) electrons. The Morgan fingerprint density at radius 1 is 1.21 bits per heavy atom. The van der Waals surface area contributed by atoms with Gasteiger partial charge in [0.15, 0.2) is 0 Å².